The van der Waals surface area contributed by atoms with Crippen LogP contribution in [0.5, 0.6) is 0 Å². The summed E-state index contributed by atoms with van der Waals surface area (Å²) in [5.74, 6) is -1.36. The van der Waals surface area contributed by atoms with Crippen LogP contribution in [0.1, 0.15) is 6.42 Å². The van der Waals surface area contributed by atoms with Crippen molar-refractivity contribution >= 4 is 22.0 Å². The molecule has 0 saturated carbocycles. The number of hydrogen-bond acceptors (Lipinski definition) is 6. The lowest BCUT2D eigenvalue weighted by Crippen LogP contribution is -2.25. The van der Waals surface area contributed by atoms with Crippen LogP contribution in [0.3, 0.4) is 0 Å². The van der Waals surface area contributed by atoms with Crippen molar-refractivity contribution in [2.24, 2.45) is 0 Å². The molecule has 1 rings (SSSR count). The van der Waals surface area contributed by atoms with Crippen molar-refractivity contribution in [1.82, 2.24) is 4.72 Å². The molecule has 120 valence electrons. The third-order valence-electron chi connectivity index (χ3n) is 2.47. The van der Waals surface area contributed by atoms with E-state index in [4.69, 9.17) is 4.74 Å². The van der Waals surface area contributed by atoms with Crippen molar-refractivity contribution in [2.75, 3.05) is 20.3 Å². The Balaban J connectivity index is 2.27. The van der Waals surface area contributed by atoms with E-state index in [-0.39, 0.29) is 18.0 Å². The monoisotopic (exact) mass is 327 g/mol. The highest BCUT2D eigenvalue weighted by molar-refractivity contribution is 7.89. The highest BCUT2D eigenvalue weighted by Gasteiger charge is 2.11. The van der Waals surface area contributed by atoms with E-state index in [1.54, 1.807) is 18.2 Å². The molecule has 0 spiro atoms. The van der Waals surface area contributed by atoms with Gasteiger partial charge in [-0.2, -0.15) is 0 Å². The molecule has 0 heterocycles. The molecule has 1 aromatic rings. The molecule has 8 heteroatoms. The van der Waals surface area contributed by atoms with E-state index in [9.17, 15) is 18.0 Å². The number of sulfonamides is 1. The summed E-state index contributed by atoms with van der Waals surface area (Å²) < 4.78 is 35.2. The first-order chi connectivity index (χ1) is 10.5. The summed E-state index contributed by atoms with van der Waals surface area (Å²) in [4.78, 5) is 22.1. The van der Waals surface area contributed by atoms with Crippen LogP contribution in [-0.2, 0) is 29.1 Å². The normalized spacial score (nSPS) is 11.3. The molecule has 0 saturated heterocycles. The third-order valence-corrected chi connectivity index (χ3v) is 3.94. The average Bonchev–Trinajstić information content (AvgIpc) is 2.53. The van der Waals surface area contributed by atoms with Gasteiger partial charge in [0.25, 0.3) is 0 Å². The molecule has 0 aliphatic carbocycles. The molecule has 0 amide bonds. The van der Waals surface area contributed by atoms with Crippen LogP contribution >= 0.6 is 0 Å². The van der Waals surface area contributed by atoms with Gasteiger partial charge in [-0.25, -0.2) is 22.7 Å². The Morgan fingerprint density at radius 2 is 1.77 bits per heavy atom. The summed E-state index contributed by atoms with van der Waals surface area (Å²) in [6, 6.07) is 7.95. The molecule has 0 radical (unpaired) electrons. The van der Waals surface area contributed by atoms with Crippen molar-refractivity contribution in [1.29, 1.82) is 0 Å². The Bertz CT molecular complexity index is 624. The average molecular weight is 327 g/mol. The van der Waals surface area contributed by atoms with Gasteiger partial charge in [0.2, 0.25) is 10.0 Å². The van der Waals surface area contributed by atoms with E-state index in [2.05, 4.69) is 9.46 Å². The Hall–Kier alpha value is -2.19. The predicted octanol–water partition coefficient (Wildman–Crippen LogP) is 0.627. The summed E-state index contributed by atoms with van der Waals surface area (Å²) in [5, 5.41) is 0. The van der Waals surface area contributed by atoms with Gasteiger partial charge >= 0.3 is 11.9 Å². The molecule has 0 atom stereocenters. The topological polar surface area (TPSA) is 98.8 Å². The molecule has 7 nitrogen and oxygen atoms in total. The van der Waals surface area contributed by atoms with Gasteiger partial charge in [0, 0.05) is 18.7 Å². The number of carbonyl (C=O) groups excluding carboxylic acids is 2. The number of rotatable bonds is 8. The van der Waals surface area contributed by atoms with Gasteiger partial charge in [0.1, 0.15) is 0 Å². The van der Waals surface area contributed by atoms with E-state index in [0.29, 0.717) is 6.42 Å². The van der Waals surface area contributed by atoms with E-state index in [1.807, 2.05) is 0 Å². The van der Waals surface area contributed by atoms with Crippen molar-refractivity contribution in [3.05, 3.63) is 42.5 Å². The Kier molecular flexibility index (Phi) is 7.27. The number of benzene rings is 1. The number of hydrogen-bond donors (Lipinski definition) is 1. The third kappa shape index (κ3) is 6.51. The SMILES string of the molecule is COC(=O)/C=C/C(=O)OCCCNS(=O)(=O)c1ccccc1. The van der Waals surface area contributed by atoms with Gasteiger partial charge in [0.15, 0.2) is 0 Å². The largest absolute Gasteiger partial charge is 0.466 e. The zero-order chi connectivity index (χ0) is 16.4. The highest BCUT2D eigenvalue weighted by atomic mass is 32.2. The molecule has 0 bridgehead atoms. The molecule has 1 aromatic carbocycles. The maximum absolute atomic E-state index is 11.9. The molecule has 0 aromatic heterocycles. The van der Waals surface area contributed by atoms with Crippen LogP contribution < -0.4 is 4.72 Å². The summed E-state index contributed by atoms with van der Waals surface area (Å²) in [6.07, 6.45) is 2.20. The number of nitrogens with one attached hydrogen (secondary N) is 1. The van der Waals surface area contributed by atoms with Crippen molar-refractivity contribution in [3.63, 3.8) is 0 Å². The smallest absolute Gasteiger partial charge is 0.331 e. The first-order valence-electron chi connectivity index (χ1n) is 6.43. The lowest BCUT2D eigenvalue weighted by Gasteiger charge is -2.06. The molecule has 0 aliphatic rings. The number of methoxy groups -OCH3 is 1. The molecule has 0 unspecified atom stereocenters. The fourth-order valence-corrected chi connectivity index (χ4v) is 2.48. The summed E-state index contributed by atoms with van der Waals surface area (Å²) >= 11 is 0. The van der Waals surface area contributed by atoms with Gasteiger partial charge in [-0.3, -0.25) is 0 Å². The van der Waals surface area contributed by atoms with E-state index < -0.39 is 22.0 Å². The van der Waals surface area contributed by atoms with E-state index in [1.165, 1.54) is 19.2 Å². The summed E-state index contributed by atoms with van der Waals surface area (Å²) in [6.45, 7) is 0.160. The quantitative estimate of drug-likeness (QED) is 0.427. The molecular weight excluding hydrogens is 310 g/mol. The van der Waals surface area contributed by atoms with Gasteiger partial charge in [-0.05, 0) is 18.6 Å². The fourth-order valence-electron chi connectivity index (χ4n) is 1.39. The van der Waals surface area contributed by atoms with Crippen LogP contribution in [-0.4, -0.2) is 40.6 Å². The maximum Gasteiger partial charge on any atom is 0.331 e. The maximum atomic E-state index is 11.9. The molecule has 0 fully saturated rings. The van der Waals surface area contributed by atoms with Crippen molar-refractivity contribution in [3.8, 4) is 0 Å². The Morgan fingerprint density at radius 1 is 1.14 bits per heavy atom. The summed E-state index contributed by atoms with van der Waals surface area (Å²) in [7, 11) is -2.36. The Labute approximate surface area is 129 Å². The van der Waals surface area contributed by atoms with Crippen LogP contribution in [0, 0.1) is 0 Å². The van der Waals surface area contributed by atoms with Gasteiger partial charge in [-0.15, -0.1) is 0 Å². The second-order valence-electron chi connectivity index (χ2n) is 4.09. The molecule has 0 aliphatic heterocycles. The molecule has 22 heavy (non-hydrogen) atoms. The first kappa shape index (κ1) is 17.9. The first-order valence-corrected chi connectivity index (χ1v) is 7.91. The second kappa shape index (κ2) is 8.96. The molecule has 1 N–H and O–H groups in total. The Morgan fingerprint density at radius 3 is 2.41 bits per heavy atom. The van der Waals surface area contributed by atoms with Crippen LogP contribution in [0.4, 0.5) is 0 Å². The lowest BCUT2D eigenvalue weighted by atomic mass is 10.4. The van der Waals surface area contributed by atoms with E-state index >= 15 is 0 Å². The molecular formula is C14H17NO6S. The minimum absolute atomic E-state index is 0.0294. The van der Waals surface area contributed by atoms with E-state index in [0.717, 1.165) is 12.2 Å². The second-order valence-corrected chi connectivity index (χ2v) is 5.86. The van der Waals surface area contributed by atoms with Crippen molar-refractivity contribution < 1.29 is 27.5 Å². The van der Waals surface area contributed by atoms with Crippen LogP contribution in [0.15, 0.2) is 47.4 Å². The van der Waals surface area contributed by atoms with Gasteiger partial charge in [-0.1, -0.05) is 18.2 Å². The van der Waals surface area contributed by atoms with Crippen molar-refractivity contribution in [2.45, 2.75) is 11.3 Å². The highest BCUT2D eigenvalue weighted by Crippen LogP contribution is 2.06. The number of esters is 2. The van der Waals surface area contributed by atoms with Gasteiger partial charge in [0.05, 0.1) is 18.6 Å². The van der Waals surface area contributed by atoms with Crippen LogP contribution in [0.25, 0.3) is 0 Å². The lowest BCUT2D eigenvalue weighted by molar-refractivity contribution is -0.139. The minimum Gasteiger partial charge on any atom is -0.466 e. The minimum atomic E-state index is -3.55. The number of carbonyl (C=O) groups is 2. The number of ether oxygens (including phenoxy) is 2. The van der Waals surface area contributed by atoms with Crippen LogP contribution in [0.2, 0.25) is 0 Å². The predicted molar refractivity (Wildman–Crippen MR) is 78.4 cm³/mol. The standard InChI is InChI=1S/C14H17NO6S/c1-20-13(16)8-9-14(17)21-11-5-10-15-22(18,19)12-6-3-2-4-7-12/h2-4,6-9,15H,5,10-11H2,1H3/b9-8+. The zero-order valence-corrected chi connectivity index (χ0v) is 12.8. The fraction of sp³-hybridized carbons (Fsp3) is 0.286. The summed E-state index contributed by atoms with van der Waals surface area (Å²) in [5.41, 5.74) is 0. The zero-order valence-electron chi connectivity index (χ0n) is 12.0. The van der Waals surface area contributed by atoms with Gasteiger partial charge < -0.3 is 9.47 Å².